The van der Waals surface area contributed by atoms with Gasteiger partial charge in [0.25, 0.3) is 0 Å². The molecule has 0 bridgehead atoms. The SMILES string of the molecule is CCCCCCC(CCCC)COC(=O)CCCCCCCCC(CCCCCCCCC(=O)OCC(CCCC)CCCCCC)NCC1CCN(C)CC1. The summed E-state index contributed by atoms with van der Waals surface area (Å²) in [6.45, 7) is 14.0. The van der Waals surface area contributed by atoms with Crippen LogP contribution in [0.15, 0.2) is 0 Å². The van der Waals surface area contributed by atoms with Crippen LogP contribution in [0, 0.1) is 17.8 Å². The Labute approximate surface area is 349 Å². The zero-order valence-electron chi connectivity index (χ0n) is 38.5. The molecule has 6 heteroatoms. The Balaban J connectivity index is 2.24. The van der Waals surface area contributed by atoms with Crippen LogP contribution in [0.3, 0.4) is 0 Å². The molecule has 1 aliphatic heterocycles. The highest BCUT2D eigenvalue weighted by Crippen LogP contribution is 2.21. The highest BCUT2D eigenvalue weighted by molar-refractivity contribution is 5.69. The van der Waals surface area contributed by atoms with Gasteiger partial charge in [0.05, 0.1) is 13.2 Å². The van der Waals surface area contributed by atoms with Crippen molar-refractivity contribution in [3.63, 3.8) is 0 Å². The third-order valence-corrected chi connectivity index (χ3v) is 12.7. The number of carbonyl (C=O) groups is 2. The molecule has 0 saturated carbocycles. The zero-order valence-corrected chi connectivity index (χ0v) is 38.5. The highest BCUT2D eigenvalue weighted by atomic mass is 16.5. The smallest absolute Gasteiger partial charge is 0.305 e. The lowest BCUT2D eigenvalue weighted by molar-refractivity contribution is -0.146. The summed E-state index contributed by atoms with van der Waals surface area (Å²) in [5.74, 6) is 1.97. The first-order valence-electron chi connectivity index (χ1n) is 25.1. The quantitative estimate of drug-likeness (QED) is 0.0491. The molecule has 1 heterocycles. The Kier molecular flexibility index (Phi) is 37.1. The number of esters is 2. The van der Waals surface area contributed by atoms with Crippen molar-refractivity contribution in [1.82, 2.24) is 10.2 Å². The Morgan fingerprint density at radius 2 is 0.857 bits per heavy atom. The number of piperidine rings is 1. The van der Waals surface area contributed by atoms with E-state index in [0.717, 1.165) is 31.6 Å². The van der Waals surface area contributed by atoms with Crippen molar-refractivity contribution in [2.75, 3.05) is 39.9 Å². The molecular formula is C50H98N2O4. The Morgan fingerprint density at radius 3 is 1.29 bits per heavy atom. The Morgan fingerprint density at radius 1 is 0.500 bits per heavy atom. The third-order valence-electron chi connectivity index (χ3n) is 12.7. The van der Waals surface area contributed by atoms with Crippen LogP contribution in [0.4, 0.5) is 0 Å². The first kappa shape index (κ1) is 52.9. The topological polar surface area (TPSA) is 67.9 Å². The summed E-state index contributed by atoms with van der Waals surface area (Å²) in [5, 5.41) is 4.03. The molecule has 2 atom stereocenters. The highest BCUT2D eigenvalue weighted by Gasteiger charge is 2.18. The largest absolute Gasteiger partial charge is 0.465 e. The van der Waals surface area contributed by atoms with E-state index in [9.17, 15) is 9.59 Å². The van der Waals surface area contributed by atoms with Gasteiger partial charge in [-0.1, -0.05) is 169 Å². The minimum Gasteiger partial charge on any atom is -0.465 e. The van der Waals surface area contributed by atoms with Crippen molar-refractivity contribution in [3.8, 4) is 0 Å². The van der Waals surface area contributed by atoms with Crippen LogP contribution in [0.25, 0.3) is 0 Å². The molecule has 6 nitrogen and oxygen atoms in total. The maximum absolute atomic E-state index is 12.5. The molecule has 1 rings (SSSR count). The van der Waals surface area contributed by atoms with Gasteiger partial charge in [0, 0.05) is 18.9 Å². The fourth-order valence-electron chi connectivity index (χ4n) is 8.58. The summed E-state index contributed by atoms with van der Waals surface area (Å²) >= 11 is 0. The summed E-state index contributed by atoms with van der Waals surface area (Å²) in [6, 6.07) is 0.639. The third kappa shape index (κ3) is 32.8. The van der Waals surface area contributed by atoms with E-state index in [-0.39, 0.29) is 11.9 Å². The Hall–Kier alpha value is -1.14. The first-order chi connectivity index (χ1) is 27.4. The molecule has 56 heavy (non-hydrogen) atoms. The summed E-state index contributed by atoms with van der Waals surface area (Å²) < 4.78 is 11.5. The average Bonchev–Trinajstić information content (AvgIpc) is 3.20. The molecule has 1 N–H and O–H groups in total. The normalized spacial score (nSPS) is 15.5. The molecular weight excluding hydrogens is 693 g/mol. The van der Waals surface area contributed by atoms with Gasteiger partial charge >= 0.3 is 11.9 Å². The number of likely N-dealkylation sites (tertiary alicyclic amines) is 1. The molecule has 332 valence electrons. The van der Waals surface area contributed by atoms with E-state index in [1.165, 1.54) is 199 Å². The number of unbranched alkanes of at least 4 members (excludes halogenated alkanes) is 18. The van der Waals surface area contributed by atoms with Crippen LogP contribution in [0.2, 0.25) is 0 Å². The van der Waals surface area contributed by atoms with E-state index in [0.29, 0.717) is 43.9 Å². The van der Waals surface area contributed by atoms with Crippen LogP contribution < -0.4 is 5.32 Å². The van der Waals surface area contributed by atoms with Gasteiger partial charge in [0.1, 0.15) is 0 Å². The fourth-order valence-corrected chi connectivity index (χ4v) is 8.58. The molecule has 0 aromatic rings. The van der Waals surface area contributed by atoms with E-state index in [1.807, 2.05) is 0 Å². The molecule has 2 unspecified atom stereocenters. The van der Waals surface area contributed by atoms with E-state index in [2.05, 4.69) is 45.0 Å². The van der Waals surface area contributed by atoms with Crippen LogP contribution in [-0.2, 0) is 19.1 Å². The van der Waals surface area contributed by atoms with Crippen molar-refractivity contribution in [3.05, 3.63) is 0 Å². The van der Waals surface area contributed by atoms with Gasteiger partial charge in [-0.25, -0.2) is 0 Å². The predicted molar refractivity (Wildman–Crippen MR) is 241 cm³/mol. The van der Waals surface area contributed by atoms with E-state index >= 15 is 0 Å². The van der Waals surface area contributed by atoms with E-state index < -0.39 is 0 Å². The molecule has 0 amide bonds. The fraction of sp³-hybridized carbons (Fsp3) is 0.960. The maximum atomic E-state index is 12.5. The number of rotatable bonds is 41. The van der Waals surface area contributed by atoms with Gasteiger partial charge < -0.3 is 19.7 Å². The van der Waals surface area contributed by atoms with Gasteiger partial charge in [-0.05, 0) is 109 Å². The predicted octanol–water partition coefficient (Wildman–Crippen LogP) is 14.2. The van der Waals surface area contributed by atoms with Crippen LogP contribution >= 0.6 is 0 Å². The van der Waals surface area contributed by atoms with Crippen LogP contribution in [-0.4, -0.2) is 62.8 Å². The average molecular weight is 791 g/mol. The van der Waals surface area contributed by atoms with Gasteiger partial charge in [-0.2, -0.15) is 0 Å². The first-order valence-corrected chi connectivity index (χ1v) is 25.1. The van der Waals surface area contributed by atoms with Crippen molar-refractivity contribution in [2.24, 2.45) is 17.8 Å². The number of nitrogens with one attached hydrogen (secondary N) is 1. The van der Waals surface area contributed by atoms with Crippen molar-refractivity contribution in [1.29, 1.82) is 0 Å². The molecule has 0 aromatic carbocycles. The molecule has 0 aromatic heterocycles. The van der Waals surface area contributed by atoms with E-state index in [1.54, 1.807) is 0 Å². The van der Waals surface area contributed by atoms with Crippen molar-refractivity contribution >= 4 is 11.9 Å². The lowest BCUT2D eigenvalue weighted by Crippen LogP contribution is -2.38. The molecule has 1 aliphatic rings. The monoisotopic (exact) mass is 791 g/mol. The molecule has 0 radical (unpaired) electrons. The second-order valence-corrected chi connectivity index (χ2v) is 18.3. The number of nitrogens with zero attached hydrogens (tertiary/aromatic N) is 1. The van der Waals surface area contributed by atoms with Gasteiger partial charge in [0.15, 0.2) is 0 Å². The van der Waals surface area contributed by atoms with E-state index in [4.69, 9.17) is 9.47 Å². The number of ether oxygens (including phenoxy) is 2. The van der Waals surface area contributed by atoms with Gasteiger partial charge in [-0.15, -0.1) is 0 Å². The summed E-state index contributed by atoms with van der Waals surface area (Å²) in [6.07, 6.45) is 40.9. The Bertz CT molecular complexity index is 804. The minimum absolute atomic E-state index is 0.0214. The van der Waals surface area contributed by atoms with Crippen molar-refractivity contribution < 1.29 is 19.1 Å². The molecule has 1 saturated heterocycles. The zero-order chi connectivity index (χ0) is 40.7. The second-order valence-electron chi connectivity index (χ2n) is 18.3. The summed E-state index contributed by atoms with van der Waals surface area (Å²) in [5.41, 5.74) is 0. The van der Waals surface area contributed by atoms with Gasteiger partial charge in [0.2, 0.25) is 0 Å². The molecule has 0 spiro atoms. The number of hydrogen-bond donors (Lipinski definition) is 1. The number of carbonyl (C=O) groups excluding carboxylic acids is 2. The minimum atomic E-state index is 0.0214. The molecule has 1 fully saturated rings. The van der Waals surface area contributed by atoms with Gasteiger partial charge in [-0.3, -0.25) is 9.59 Å². The summed E-state index contributed by atoms with van der Waals surface area (Å²) in [7, 11) is 2.26. The maximum Gasteiger partial charge on any atom is 0.305 e. The lowest BCUT2D eigenvalue weighted by atomic mass is 9.95. The molecule has 0 aliphatic carbocycles. The van der Waals surface area contributed by atoms with Crippen LogP contribution in [0.1, 0.15) is 246 Å². The second kappa shape index (κ2) is 39.3. The standard InChI is InChI=1S/C50H98N2O4/c1-6-10-14-24-32-46(30-12-8-3)43-55-49(53)36-28-22-18-16-20-26-34-48(51-42-45-38-40-52(5)41-39-45)35-27-21-17-19-23-29-37-50(54)56-44-47(31-13-9-4)33-25-15-11-7-2/h45-48,51H,6-44H2,1-5H3. The van der Waals surface area contributed by atoms with Crippen LogP contribution in [0.5, 0.6) is 0 Å². The summed E-state index contributed by atoms with van der Waals surface area (Å²) in [4.78, 5) is 27.4. The number of hydrogen-bond acceptors (Lipinski definition) is 6. The van der Waals surface area contributed by atoms with Crippen molar-refractivity contribution in [2.45, 2.75) is 252 Å². The lowest BCUT2D eigenvalue weighted by Gasteiger charge is -2.30.